The molecule has 9 heteroatoms. The van der Waals surface area contributed by atoms with E-state index in [1.165, 1.54) is 23.0 Å². The maximum atomic E-state index is 12.9. The van der Waals surface area contributed by atoms with Gasteiger partial charge in [-0.3, -0.25) is 10.00 Å². The Kier molecular flexibility index (Phi) is 5.03. The molecule has 0 saturated carbocycles. The fourth-order valence-corrected chi connectivity index (χ4v) is 3.33. The molecule has 0 spiro atoms. The number of rotatable bonds is 5. The highest BCUT2D eigenvalue weighted by Crippen LogP contribution is 2.36. The Morgan fingerprint density at radius 2 is 1.79 bits per heavy atom. The Balaban J connectivity index is 2.16. The van der Waals surface area contributed by atoms with Gasteiger partial charge in [0, 0.05) is 5.39 Å². The van der Waals surface area contributed by atoms with Crippen LogP contribution in [0.15, 0.2) is 48.7 Å². The van der Waals surface area contributed by atoms with Crippen LogP contribution in [0.4, 0.5) is 23.7 Å². The molecular weight excluding hydrogens is 375 g/mol. The summed E-state index contributed by atoms with van der Waals surface area (Å²) in [5.41, 5.74) is -0.550. The molecule has 1 amide bonds. The highest BCUT2D eigenvalue weighted by molar-refractivity contribution is 5.98. The molecule has 0 aliphatic rings. The number of aliphatic hydroxyl groups excluding tert-OH is 1. The summed E-state index contributed by atoms with van der Waals surface area (Å²) in [4.78, 5) is 11.0. The number of aromatic nitrogens is 2. The van der Waals surface area contributed by atoms with Gasteiger partial charge in [-0.2, -0.15) is 18.3 Å². The van der Waals surface area contributed by atoms with Crippen LogP contribution >= 0.6 is 0 Å². The van der Waals surface area contributed by atoms with E-state index in [0.29, 0.717) is 28.6 Å². The third-order valence-corrected chi connectivity index (χ3v) is 4.86. The van der Waals surface area contributed by atoms with E-state index in [9.17, 15) is 23.1 Å². The van der Waals surface area contributed by atoms with Crippen molar-refractivity contribution < 1.29 is 28.2 Å². The maximum Gasteiger partial charge on any atom is 0.416 e. The molecular formula is C19H18F3N3O3. The number of halogens is 3. The van der Waals surface area contributed by atoms with Crippen molar-refractivity contribution in [3.8, 4) is 0 Å². The first kappa shape index (κ1) is 19.7. The molecule has 0 bridgehead atoms. The van der Waals surface area contributed by atoms with Crippen LogP contribution in [0.5, 0.6) is 0 Å². The fourth-order valence-electron chi connectivity index (χ4n) is 3.33. The number of hydrogen-bond acceptors (Lipinski definition) is 3. The van der Waals surface area contributed by atoms with E-state index in [0.717, 1.165) is 12.1 Å². The van der Waals surface area contributed by atoms with E-state index in [2.05, 4.69) is 10.4 Å². The number of carbonyl (C=O) groups is 1. The minimum atomic E-state index is -4.46. The van der Waals surface area contributed by atoms with E-state index in [1.807, 2.05) is 0 Å². The average molecular weight is 393 g/mol. The van der Waals surface area contributed by atoms with Crippen LogP contribution in [0.1, 0.15) is 24.5 Å². The van der Waals surface area contributed by atoms with Gasteiger partial charge < -0.3 is 10.2 Å². The van der Waals surface area contributed by atoms with Gasteiger partial charge in [-0.25, -0.2) is 4.79 Å². The first-order chi connectivity index (χ1) is 13.2. The fraction of sp³-hybridized carbons (Fsp3) is 0.263. The molecule has 0 aliphatic carbocycles. The smallest absolute Gasteiger partial charge is 0.416 e. The molecule has 0 saturated heterocycles. The lowest BCUT2D eigenvalue weighted by molar-refractivity contribution is -0.137. The van der Waals surface area contributed by atoms with Crippen LogP contribution in [0.3, 0.4) is 0 Å². The molecule has 1 aromatic heterocycles. The molecule has 28 heavy (non-hydrogen) atoms. The van der Waals surface area contributed by atoms with Crippen LogP contribution in [0.25, 0.3) is 10.9 Å². The van der Waals surface area contributed by atoms with Gasteiger partial charge >= 0.3 is 12.3 Å². The van der Waals surface area contributed by atoms with Crippen LogP contribution in [-0.4, -0.2) is 32.7 Å². The number of amides is 1. The molecule has 0 radical (unpaired) electrons. The summed E-state index contributed by atoms with van der Waals surface area (Å²) in [6.45, 7) is 1.39. The molecule has 148 valence electrons. The minimum Gasteiger partial charge on any atom is -0.465 e. The van der Waals surface area contributed by atoms with Crippen molar-refractivity contribution >= 4 is 22.7 Å². The van der Waals surface area contributed by atoms with Gasteiger partial charge in [0.05, 0.1) is 29.6 Å². The van der Waals surface area contributed by atoms with Crippen molar-refractivity contribution in [2.24, 2.45) is 0 Å². The Bertz CT molecular complexity index is 993. The highest BCUT2D eigenvalue weighted by atomic mass is 19.4. The summed E-state index contributed by atoms with van der Waals surface area (Å²) < 4.78 is 40.2. The molecule has 1 atom stereocenters. The van der Waals surface area contributed by atoms with Crippen LogP contribution in [0.2, 0.25) is 0 Å². The number of nitrogens with zero attached hydrogens (tertiary/aromatic N) is 2. The van der Waals surface area contributed by atoms with Crippen molar-refractivity contribution in [2.45, 2.75) is 25.1 Å². The van der Waals surface area contributed by atoms with Gasteiger partial charge in [0.1, 0.15) is 5.54 Å². The van der Waals surface area contributed by atoms with E-state index < -0.39 is 30.0 Å². The second-order valence-corrected chi connectivity index (χ2v) is 6.34. The third kappa shape index (κ3) is 3.29. The molecule has 3 N–H and O–H groups in total. The average Bonchev–Trinajstić information content (AvgIpc) is 3.08. The number of nitrogens with one attached hydrogen (secondary N) is 1. The van der Waals surface area contributed by atoms with Gasteiger partial charge in [0.2, 0.25) is 0 Å². The van der Waals surface area contributed by atoms with Gasteiger partial charge in [0.15, 0.2) is 0 Å². The van der Waals surface area contributed by atoms with Crippen molar-refractivity contribution in [1.82, 2.24) is 9.78 Å². The second-order valence-electron chi connectivity index (χ2n) is 6.34. The van der Waals surface area contributed by atoms with Crippen molar-refractivity contribution in [1.29, 1.82) is 0 Å². The Hall–Kier alpha value is -3.07. The zero-order chi connectivity index (χ0) is 20.5. The summed E-state index contributed by atoms with van der Waals surface area (Å²) >= 11 is 0. The zero-order valence-electron chi connectivity index (χ0n) is 14.9. The summed E-state index contributed by atoms with van der Waals surface area (Å²) in [6, 6.07) is 9.52. The summed E-state index contributed by atoms with van der Waals surface area (Å²) in [5, 5.41) is 26.3. The van der Waals surface area contributed by atoms with Gasteiger partial charge in [0.25, 0.3) is 0 Å². The number of hydrogen-bond donors (Lipinski definition) is 3. The standard InChI is InChI=1S/C19H18F3N3O3/c1-2-18(11-26,12-6-8-13(9-7-12)19(20,21)22)25-16-5-3-4-15(24-17(27)28)14(16)10-23-25/h3-10,24,26H,2,11H2,1H3,(H,27,28). The SMILES string of the molecule is CCC(CO)(c1ccc(C(F)(F)F)cc1)n1ncc2c(NC(=O)O)cccc21. The summed E-state index contributed by atoms with van der Waals surface area (Å²) in [6.07, 6.45) is -3.87. The Morgan fingerprint density at radius 1 is 1.14 bits per heavy atom. The molecule has 3 aromatic rings. The van der Waals surface area contributed by atoms with Crippen LogP contribution in [0, 0.1) is 0 Å². The molecule has 3 rings (SSSR count). The Morgan fingerprint density at radius 3 is 2.32 bits per heavy atom. The Labute approximate surface area is 158 Å². The van der Waals surface area contributed by atoms with Gasteiger partial charge in [-0.05, 0) is 36.2 Å². The maximum absolute atomic E-state index is 12.9. The lowest BCUT2D eigenvalue weighted by atomic mass is 9.87. The van der Waals surface area contributed by atoms with Crippen molar-refractivity contribution in [2.75, 3.05) is 11.9 Å². The molecule has 1 unspecified atom stereocenters. The van der Waals surface area contributed by atoms with E-state index in [4.69, 9.17) is 5.11 Å². The zero-order valence-corrected chi connectivity index (χ0v) is 14.9. The quantitative estimate of drug-likeness (QED) is 0.603. The number of fused-ring (bicyclic) bond motifs is 1. The van der Waals surface area contributed by atoms with Crippen molar-refractivity contribution in [3.05, 3.63) is 59.8 Å². The van der Waals surface area contributed by atoms with Gasteiger partial charge in [-0.1, -0.05) is 25.1 Å². The third-order valence-electron chi connectivity index (χ3n) is 4.86. The predicted molar refractivity (Wildman–Crippen MR) is 97.3 cm³/mol. The normalized spacial score (nSPS) is 14.0. The van der Waals surface area contributed by atoms with Crippen molar-refractivity contribution in [3.63, 3.8) is 0 Å². The molecule has 6 nitrogen and oxygen atoms in total. The molecule has 2 aromatic carbocycles. The summed E-state index contributed by atoms with van der Waals surface area (Å²) in [7, 11) is 0. The highest BCUT2D eigenvalue weighted by Gasteiger charge is 2.36. The topological polar surface area (TPSA) is 87.4 Å². The first-order valence-electron chi connectivity index (χ1n) is 8.48. The number of anilines is 1. The van der Waals surface area contributed by atoms with E-state index in [-0.39, 0.29) is 0 Å². The monoisotopic (exact) mass is 393 g/mol. The van der Waals surface area contributed by atoms with E-state index >= 15 is 0 Å². The minimum absolute atomic E-state index is 0.326. The lowest BCUT2D eigenvalue weighted by Gasteiger charge is -2.33. The number of aliphatic hydroxyl groups is 1. The largest absolute Gasteiger partial charge is 0.465 e. The molecule has 0 aliphatic heterocycles. The van der Waals surface area contributed by atoms with Crippen LogP contribution in [-0.2, 0) is 11.7 Å². The predicted octanol–water partition coefficient (Wildman–Crippen LogP) is 4.29. The number of carboxylic acid groups (broad SMARTS) is 1. The van der Waals surface area contributed by atoms with Gasteiger partial charge in [-0.15, -0.1) is 0 Å². The number of alkyl halides is 3. The van der Waals surface area contributed by atoms with Crippen LogP contribution < -0.4 is 5.32 Å². The second kappa shape index (κ2) is 7.16. The first-order valence-corrected chi connectivity index (χ1v) is 8.48. The molecule has 1 heterocycles. The number of benzene rings is 2. The molecule has 0 fully saturated rings. The lowest BCUT2D eigenvalue weighted by Crippen LogP contribution is -2.39. The summed E-state index contributed by atoms with van der Waals surface area (Å²) in [5.74, 6) is 0. The van der Waals surface area contributed by atoms with E-state index in [1.54, 1.807) is 25.1 Å².